The van der Waals surface area contributed by atoms with E-state index in [1.165, 1.54) is 12.1 Å². The fraction of sp³-hybridized carbons (Fsp3) is 0.211. The maximum absolute atomic E-state index is 13.5. The molecule has 0 heterocycles. The SMILES string of the molecule is O=C(/C=C(\c1cc(Cl)cc(Cl)c1)C(F)(F)F)c1cc[c]c2c1CCC2. The maximum atomic E-state index is 13.5. The smallest absolute Gasteiger partial charge is 0.289 e. The average molecular weight is 384 g/mol. The van der Waals surface area contributed by atoms with E-state index in [1.54, 1.807) is 6.07 Å². The average Bonchev–Trinajstić information content (AvgIpc) is 2.98. The first-order valence-corrected chi connectivity index (χ1v) is 8.33. The first-order valence-electron chi connectivity index (χ1n) is 7.58. The molecule has 3 rings (SSSR count). The molecule has 1 radical (unpaired) electrons. The Morgan fingerprint density at radius 1 is 1.12 bits per heavy atom. The lowest BCUT2D eigenvalue weighted by molar-refractivity contribution is -0.0689. The van der Waals surface area contributed by atoms with Crippen LogP contribution in [0.2, 0.25) is 10.0 Å². The quantitative estimate of drug-likeness (QED) is 0.461. The van der Waals surface area contributed by atoms with Crippen LogP contribution in [0.4, 0.5) is 13.2 Å². The van der Waals surface area contributed by atoms with Crippen LogP contribution >= 0.6 is 23.2 Å². The molecule has 0 aromatic heterocycles. The number of alkyl halides is 3. The zero-order chi connectivity index (χ0) is 18.2. The molecule has 0 unspecified atom stereocenters. The Kier molecular flexibility index (Phi) is 4.94. The summed E-state index contributed by atoms with van der Waals surface area (Å²) in [5.74, 6) is -0.685. The van der Waals surface area contributed by atoms with Gasteiger partial charge in [0, 0.05) is 15.6 Å². The maximum Gasteiger partial charge on any atom is 0.417 e. The summed E-state index contributed by atoms with van der Waals surface area (Å²) in [6.45, 7) is 0. The van der Waals surface area contributed by atoms with Gasteiger partial charge in [0.2, 0.25) is 0 Å². The van der Waals surface area contributed by atoms with Crippen molar-refractivity contribution in [1.29, 1.82) is 0 Å². The zero-order valence-electron chi connectivity index (χ0n) is 12.9. The molecular formula is C19H12Cl2F3O. The topological polar surface area (TPSA) is 17.1 Å². The molecule has 129 valence electrons. The highest BCUT2D eigenvalue weighted by Crippen LogP contribution is 2.37. The number of benzene rings is 2. The first-order chi connectivity index (χ1) is 11.8. The van der Waals surface area contributed by atoms with Crippen molar-refractivity contribution in [3.05, 3.63) is 74.8 Å². The molecule has 1 aliphatic carbocycles. The summed E-state index contributed by atoms with van der Waals surface area (Å²) in [5, 5.41) is 0.139. The van der Waals surface area contributed by atoms with E-state index in [0.29, 0.717) is 18.1 Å². The second-order valence-corrected chi connectivity index (χ2v) is 6.65. The summed E-state index contributed by atoms with van der Waals surface area (Å²) < 4.78 is 40.5. The summed E-state index contributed by atoms with van der Waals surface area (Å²) in [7, 11) is 0. The lowest BCUT2D eigenvalue weighted by Gasteiger charge is -2.13. The Hall–Kier alpha value is -1.78. The minimum Gasteiger partial charge on any atom is -0.289 e. The number of carbonyl (C=O) groups is 1. The van der Waals surface area contributed by atoms with Crippen LogP contribution in [-0.2, 0) is 12.8 Å². The van der Waals surface area contributed by atoms with E-state index in [9.17, 15) is 18.0 Å². The monoisotopic (exact) mass is 383 g/mol. The third-order valence-corrected chi connectivity index (χ3v) is 4.51. The van der Waals surface area contributed by atoms with Gasteiger partial charge >= 0.3 is 6.18 Å². The molecule has 25 heavy (non-hydrogen) atoms. The predicted octanol–water partition coefficient (Wildman–Crippen LogP) is 6.11. The van der Waals surface area contributed by atoms with Crippen molar-refractivity contribution in [3.63, 3.8) is 0 Å². The molecule has 0 saturated carbocycles. The van der Waals surface area contributed by atoms with Gasteiger partial charge in [-0.1, -0.05) is 35.3 Å². The summed E-state index contributed by atoms with van der Waals surface area (Å²) in [5.41, 5.74) is 0.674. The number of fused-ring (bicyclic) bond motifs is 1. The highest BCUT2D eigenvalue weighted by atomic mass is 35.5. The molecule has 0 aliphatic heterocycles. The molecule has 0 saturated heterocycles. The van der Waals surface area contributed by atoms with Gasteiger partial charge in [0.05, 0.1) is 5.57 Å². The molecule has 0 atom stereocenters. The summed E-state index contributed by atoms with van der Waals surface area (Å²) in [4.78, 5) is 12.5. The summed E-state index contributed by atoms with van der Waals surface area (Å²) >= 11 is 11.6. The van der Waals surface area contributed by atoms with Gasteiger partial charge in [0.15, 0.2) is 5.78 Å². The van der Waals surface area contributed by atoms with Gasteiger partial charge in [0.25, 0.3) is 0 Å². The van der Waals surface area contributed by atoms with Gasteiger partial charge in [-0.05, 0) is 66.3 Å². The number of hydrogen-bond donors (Lipinski definition) is 0. The van der Waals surface area contributed by atoms with Gasteiger partial charge in [-0.3, -0.25) is 4.79 Å². The molecule has 1 nitrogen and oxygen atoms in total. The molecule has 6 heteroatoms. The van der Waals surface area contributed by atoms with Crippen LogP contribution in [0.15, 0.2) is 36.4 Å². The van der Waals surface area contributed by atoms with Gasteiger partial charge in [0.1, 0.15) is 0 Å². The molecule has 1 aliphatic rings. The van der Waals surface area contributed by atoms with Crippen LogP contribution < -0.4 is 0 Å². The largest absolute Gasteiger partial charge is 0.417 e. The minimum atomic E-state index is -4.71. The fourth-order valence-corrected chi connectivity index (χ4v) is 3.53. The predicted molar refractivity (Wildman–Crippen MR) is 92.1 cm³/mol. The molecule has 0 bridgehead atoms. The van der Waals surface area contributed by atoms with Gasteiger partial charge in [-0.15, -0.1) is 0 Å². The van der Waals surface area contributed by atoms with Crippen molar-refractivity contribution in [2.75, 3.05) is 0 Å². The first kappa shape index (κ1) is 18.0. The molecule has 0 amide bonds. The molecule has 2 aromatic carbocycles. The fourth-order valence-electron chi connectivity index (χ4n) is 3.00. The number of aryl methyl sites for hydroxylation is 1. The summed E-state index contributed by atoms with van der Waals surface area (Å²) in [6.07, 6.45) is -1.76. The van der Waals surface area contributed by atoms with Crippen molar-refractivity contribution >= 4 is 34.6 Å². The molecular weight excluding hydrogens is 372 g/mol. The highest BCUT2D eigenvalue weighted by Gasteiger charge is 2.36. The highest BCUT2D eigenvalue weighted by molar-refractivity contribution is 6.35. The third kappa shape index (κ3) is 3.91. The number of carbonyl (C=O) groups excluding carboxylic acids is 1. The summed E-state index contributed by atoms with van der Waals surface area (Å²) in [6, 6.07) is 9.76. The van der Waals surface area contributed by atoms with E-state index in [1.807, 2.05) is 0 Å². The Balaban J connectivity index is 2.08. The Morgan fingerprint density at radius 2 is 1.80 bits per heavy atom. The molecule has 0 N–H and O–H groups in total. The van der Waals surface area contributed by atoms with Crippen LogP contribution in [0, 0.1) is 6.07 Å². The Labute approximate surface area is 153 Å². The van der Waals surface area contributed by atoms with Crippen molar-refractivity contribution < 1.29 is 18.0 Å². The van der Waals surface area contributed by atoms with E-state index < -0.39 is 17.5 Å². The van der Waals surface area contributed by atoms with E-state index in [0.717, 1.165) is 36.1 Å². The van der Waals surface area contributed by atoms with Crippen LogP contribution in [0.1, 0.15) is 33.5 Å². The molecule has 0 spiro atoms. The van der Waals surface area contributed by atoms with Crippen LogP contribution in [0.25, 0.3) is 5.57 Å². The van der Waals surface area contributed by atoms with Crippen molar-refractivity contribution in [3.8, 4) is 0 Å². The van der Waals surface area contributed by atoms with Gasteiger partial charge in [-0.25, -0.2) is 0 Å². The van der Waals surface area contributed by atoms with Crippen LogP contribution in [0.5, 0.6) is 0 Å². The lowest BCUT2D eigenvalue weighted by atomic mass is 9.96. The second kappa shape index (κ2) is 6.85. The van der Waals surface area contributed by atoms with Crippen molar-refractivity contribution in [2.24, 2.45) is 0 Å². The Morgan fingerprint density at radius 3 is 2.44 bits per heavy atom. The van der Waals surface area contributed by atoms with E-state index >= 15 is 0 Å². The zero-order valence-corrected chi connectivity index (χ0v) is 14.4. The second-order valence-electron chi connectivity index (χ2n) is 5.78. The van der Waals surface area contributed by atoms with E-state index in [4.69, 9.17) is 23.2 Å². The van der Waals surface area contributed by atoms with Crippen molar-refractivity contribution in [2.45, 2.75) is 25.4 Å². The number of ketones is 1. The normalized spacial score (nSPS) is 14.5. The number of allylic oxidation sites excluding steroid dienone is 2. The van der Waals surface area contributed by atoms with Crippen molar-refractivity contribution in [1.82, 2.24) is 0 Å². The van der Waals surface area contributed by atoms with Crippen LogP contribution in [0.3, 0.4) is 0 Å². The third-order valence-electron chi connectivity index (χ3n) is 4.07. The standard InChI is InChI=1S/C19H12Cl2F3O/c20-13-7-12(8-14(21)9-13)17(19(22,23)24)10-18(25)16-6-2-4-11-3-1-5-15(11)16/h2,6-10H,1,3,5H2/b17-10+. The van der Waals surface area contributed by atoms with E-state index in [-0.39, 0.29) is 15.6 Å². The minimum absolute atomic E-state index is 0.0697. The van der Waals surface area contributed by atoms with Crippen LogP contribution in [-0.4, -0.2) is 12.0 Å². The molecule has 2 aromatic rings. The Bertz CT molecular complexity index is 849. The molecule has 0 fully saturated rings. The lowest BCUT2D eigenvalue weighted by Crippen LogP contribution is -2.13. The number of rotatable bonds is 3. The van der Waals surface area contributed by atoms with Gasteiger partial charge < -0.3 is 0 Å². The van der Waals surface area contributed by atoms with E-state index in [2.05, 4.69) is 6.07 Å². The number of hydrogen-bond acceptors (Lipinski definition) is 1. The van der Waals surface area contributed by atoms with Gasteiger partial charge in [-0.2, -0.15) is 13.2 Å². The number of halogens is 5.